The predicted molar refractivity (Wildman–Crippen MR) is 81.8 cm³/mol. The largest absolute Gasteiger partial charge is 0.478 e. The van der Waals surface area contributed by atoms with Crippen molar-refractivity contribution >= 4 is 34.7 Å². The Hall–Kier alpha value is -1.59. The van der Waals surface area contributed by atoms with Crippen LogP contribution in [0.4, 0.5) is 5.82 Å². The highest BCUT2D eigenvalue weighted by Gasteiger charge is 2.08. The lowest BCUT2D eigenvalue weighted by Gasteiger charge is -2.08. The number of nitrogens with zero attached hydrogens (tertiary/aromatic N) is 1. The van der Waals surface area contributed by atoms with E-state index in [9.17, 15) is 4.79 Å². The van der Waals surface area contributed by atoms with Gasteiger partial charge < -0.3 is 10.4 Å². The summed E-state index contributed by atoms with van der Waals surface area (Å²) >= 11 is 7.36. The molecule has 2 N–H and O–H groups in total. The van der Waals surface area contributed by atoms with Gasteiger partial charge in [0.25, 0.3) is 0 Å². The van der Waals surface area contributed by atoms with E-state index in [-0.39, 0.29) is 5.56 Å². The van der Waals surface area contributed by atoms with E-state index in [1.807, 2.05) is 19.1 Å². The van der Waals surface area contributed by atoms with Crippen molar-refractivity contribution in [3.05, 3.63) is 44.7 Å². The van der Waals surface area contributed by atoms with E-state index in [0.717, 1.165) is 27.7 Å². The third-order valence-electron chi connectivity index (χ3n) is 2.70. The molecule has 0 aromatic carbocycles. The SMILES string of the molecule is CCCc1cc(C(=O)O)cc(NCc2ccc(Cl)s2)n1. The molecule has 0 aliphatic carbocycles. The molecule has 4 nitrogen and oxygen atoms in total. The topological polar surface area (TPSA) is 62.2 Å². The molecule has 0 atom stereocenters. The van der Waals surface area contributed by atoms with Gasteiger partial charge in [0, 0.05) is 10.6 Å². The third kappa shape index (κ3) is 3.95. The van der Waals surface area contributed by atoms with E-state index in [4.69, 9.17) is 16.7 Å². The Labute approximate surface area is 126 Å². The molecule has 2 aromatic heterocycles. The second-order valence-electron chi connectivity index (χ2n) is 4.35. The number of thiophene rings is 1. The van der Waals surface area contributed by atoms with E-state index < -0.39 is 5.97 Å². The number of hydrogen-bond donors (Lipinski definition) is 2. The second kappa shape index (κ2) is 6.72. The molecule has 20 heavy (non-hydrogen) atoms. The van der Waals surface area contributed by atoms with E-state index in [2.05, 4.69) is 10.3 Å². The Kier molecular flexibility index (Phi) is 4.98. The molecular weight excluding hydrogens is 296 g/mol. The monoisotopic (exact) mass is 310 g/mol. The average Bonchev–Trinajstić information content (AvgIpc) is 2.82. The van der Waals surface area contributed by atoms with E-state index in [1.54, 1.807) is 12.1 Å². The Morgan fingerprint density at radius 2 is 2.25 bits per heavy atom. The van der Waals surface area contributed by atoms with Crippen molar-refractivity contribution in [2.45, 2.75) is 26.3 Å². The zero-order chi connectivity index (χ0) is 14.5. The number of rotatable bonds is 6. The van der Waals surface area contributed by atoms with E-state index in [1.165, 1.54) is 11.3 Å². The number of halogens is 1. The molecule has 0 fully saturated rings. The first-order valence-corrected chi connectivity index (χ1v) is 7.50. The van der Waals surface area contributed by atoms with Crippen LogP contribution in [0.2, 0.25) is 4.34 Å². The van der Waals surface area contributed by atoms with E-state index >= 15 is 0 Å². The minimum Gasteiger partial charge on any atom is -0.478 e. The van der Waals surface area contributed by atoms with Gasteiger partial charge in [0.2, 0.25) is 0 Å². The Morgan fingerprint density at radius 1 is 1.45 bits per heavy atom. The standard InChI is InChI=1S/C14H15ClN2O2S/c1-2-3-10-6-9(14(18)19)7-13(17-10)16-8-11-4-5-12(15)20-11/h4-7H,2-3,8H2,1H3,(H,16,17)(H,18,19). The predicted octanol–water partition coefficient (Wildman–Crippen LogP) is 4.06. The second-order valence-corrected chi connectivity index (χ2v) is 6.15. The van der Waals surface area contributed by atoms with Gasteiger partial charge in [-0.2, -0.15) is 0 Å². The molecule has 0 radical (unpaired) electrons. The molecule has 0 aliphatic heterocycles. The van der Waals surface area contributed by atoms with Crippen molar-refractivity contribution < 1.29 is 9.90 Å². The molecule has 0 unspecified atom stereocenters. The summed E-state index contributed by atoms with van der Waals surface area (Å²) in [7, 11) is 0. The van der Waals surface area contributed by atoms with Crippen LogP contribution < -0.4 is 5.32 Å². The first-order chi connectivity index (χ1) is 9.58. The third-order valence-corrected chi connectivity index (χ3v) is 3.94. The normalized spacial score (nSPS) is 10.5. The van der Waals surface area contributed by atoms with Crippen LogP contribution in [0.15, 0.2) is 24.3 Å². The quantitative estimate of drug-likeness (QED) is 0.844. The summed E-state index contributed by atoms with van der Waals surface area (Å²) in [6.45, 7) is 2.62. The van der Waals surface area contributed by atoms with Crippen LogP contribution in [0.5, 0.6) is 0 Å². The summed E-state index contributed by atoms with van der Waals surface area (Å²) in [5.74, 6) is -0.357. The number of carbonyl (C=O) groups is 1. The number of aryl methyl sites for hydroxylation is 1. The van der Waals surface area contributed by atoms with Gasteiger partial charge in [0.05, 0.1) is 16.4 Å². The Balaban J connectivity index is 2.15. The van der Waals surface area contributed by atoms with Gasteiger partial charge >= 0.3 is 5.97 Å². The maximum atomic E-state index is 11.1. The summed E-state index contributed by atoms with van der Waals surface area (Å²) in [6, 6.07) is 6.95. The lowest BCUT2D eigenvalue weighted by Crippen LogP contribution is -2.06. The number of carboxylic acids is 1. The first kappa shape index (κ1) is 14.8. The zero-order valence-electron chi connectivity index (χ0n) is 11.0. The van der Waals surface area contributed by atoms with Gasteiger partial charge in [0.1, 0.15) is 5.82 Å². The molecule has 2 heterocycles. The Bertz CT molecular complexity index is 613. The molecule has 2 rings (SSSR count). The number of aromatic carboxylic acids is 1. The molecule has 0 bridgehead atoms. The summed E-state index contributed by atoms with van der Waals surface area (Å²) < 4.78 is 0.737. The fourth-order valence-corrected chi connectivity index (χ4v) is 2.84. The van der Waals surface area contributed by atoms with Crippen LogP contribution in [0.1, 0.15) is 34.3 Å². The van der Waals surface area contributed by atoms with Gasteiger partial charge in [0.15, 0.2) is 0 Å². The molecule has 2 aromatic rings. The number of nitrogens with one attached hydrogen (secondary N) is 1. The van der Waals surface area contributed by atoms with Crippen molar-refractivity contribution in [3.63, 3.8) is 0 Å². The number of aromatic nitrogens is 1. The highest BCUT2D eigenvalue weighted by atomic mass is 35.5. The molecule has 6 heteroatoms. The van der Waals surface area contributed by atoms with Gasteiger partial charge in [-0.05, 0) is 30.7 Å². The van der Waals surface area contributed by atoms with Crippen molar-refractivity contribution in [2.24, 2.45) is 0 Å². The molecule has 0 aliphatic rings. The fraction of sp³-hybridized carbons (Fsp3) is 0.286. The highest BCUT2D eigenvalue weighted by molar-refractivity contribution is 7.16. The van der Waals surface area contributed by atoms with Gasteiger partial charge in [-0.15, -0.1) is 11.3 Å². The van der Waals surface area contributed by atoms with Crippen LogP contribution in [0, 0.1) is 0 Å². The van der Waals surface area contributed by atoms with Crippen LogP contribution in [-0.4, -0.2) is 16.1 Å². The fourth-order valence-electron chi connectivity index (χ4n) is 1.81. The smallest absolute Gasteiger partial charge is 0.335 e. The molecule has 0 saturated carbocycles. The average molecular weight is 311 g/mol. The van der Waals surface area contributed by atoms with Gasteiger partial charge in [-0.25, -0.2) is 9.78 Å². The lowest BCUT2D eigenvalue weighted by atomic mass is 10.1. The number of hydrogen-bond acceptors (Lipinski definition) is 4. The van der Waals surface area contributed by atoms with Crippen molar-refractivity contribution in [2.75, 3.05) is 5.32 Å². The summed E-state index contributed by atoms with van der Waals surface area (Å²) in [5, 5.41) is 12.3. The molecular formula is C14H15ClN2O2S. The number of pyridine rings is 1. The minimum absolute atomic E-state index is 0.259. The maximum Gasteiger partial charge on any atom is 0.335 e. The van der Waals surface area contributed by atoms with Crippen LogP contribution in [-0.2, 0) is 13.0 Å². The van der Waals surface area contributed by atoms with Crippen molar-refractivity contribution in [1.29, 1.82) is 0 Å². The summed E-state index contributed by atoms with van der Waals surface area (Å²) in [5.41, 5.74) is 1.05. The summed E-state index contributed by atoms with van der Waals surface area (Å²) in [4.78, 5) is 16.6. The van der Waals surface area contributed by atoms with Crippen LogP contribution in [0.25, 0.3) is 0 Å². The lowest BCUT2D eigenvalue weighted by molar-refractivity contribution is 0.0696. The molecule has 0 saturated heterocycles. The van der Waals surface area contributed by atoms with Crippen molar-refractivity contribution in [3.8, 4) is 0 Å². The van der Waals surface area contributed by atoms with Crippen molar-refractivity contribution in [1.82, 2.24) is 4.98 Å². The first-order valence-electron chi connectivity index (χ1n) is 6.31. The van der Waals surface area contributed by atoms with Gasteiger partial charge in [-0.3, -0.25) is 0 Å². The van der Waals surface area contributed by atoms with Crippen LogP contribution in [0.3, 0.4) is 0 Å². The molecule has 0 amide bonds. The number of carboxylic acid groups (broad SMARTS) is 1. The highest BCUT2D eigenvalue weighted by Crippen LogP contribution is 2.22. The maximum absolute atomic E-state index is 11.1. The molecule has 106 valence electrons. The van der Waals surface area contributed by atoms with Gasteiger partial charge in [-0.1, -0.05) is 24.9 Å². The van der Waals surface area contributed by atoms with Crippen LogP contribution >= 0.6 is 22.9 Å². The van der Waals surface area contributed by atoms with E-state index in [0.29, 0.717) is 12.4 Å². The molecule has 0 spiro atoms. The Morgan fingerprint density at radius 3 is 2.85 bits per heavy atom. The zero-order valence-corrected chi connectivity index (χ0v) is 12.6. The summed E-state index contributed by atoms with van der Waals surface area (Å²) in [6.07, 6.45) is 1.69. The minimum atomic E-state index is -0.938. The number of anilines is 1.